The lowest BCUT2D eigenvalue weighted by atomic mass is 9.74. The summed E-state index contributed by atoms with van der Waals surface area (Å²) in [6, 6.07) is 10.3. The first-order valence-corrected chi connectivity index (χ1v) is 12.3. The summed E-state index contributed by atoms with van der Waals surface area (Å²) in [5, 5.41) is 7.30. The molecule has 0 amide bonds. The second-order valence-electron chi connectivity index (χ2n) is 9.50. The highest BCUT2D eigenvalue weighted by atomic mass is 16.5. The van der Waals surface area contributed by atoms with Crippen molar-refractivity contribution in [2.45, 2.75) is 77.8 Å². The normalized spacial score (nSPS) is 21.6. The van der Waals surface area contributed by atoms with Gasteiger partial charge in [0.1, 0.15) is 0 Å². The third kappa shape index (κ3) is 5.43. The molecule has 0 unspecified atom stereocenters. The van der Waals surface area contributed by atoms with Crippen LogP contribution in [0.2, 0.25) is 0 Å². The summed E-state index contributed by atoms with van der Waals surface area (Å²) in [7, 11) is 0. The molecule has 2 aliphatic rings. The van der Waals surface area contributed by atoms with E-state index in [9.17, 15) is 4.79 Å². The standard InChI is InChI=1S/C27H37N3O2/c1-3-13-27(14-15-27)22-6-8-23(9-7-22)30-24-10-5-21(26(31)32-4-2)18-25(24)29-19-20-11-16-28-17-12-20/h5,10-12,16-18,22-23,29-30H,3-4,6-9,13-15,19H2,1-2H3. The number of carbonyl (C=O) groups is 1. The molecule has 2 aliphatic carbocycles. The minimum absolute atomic E-state index is 0.280. The molecule has 0 radical (unpaired) electrons. The van der Waals surface area contributed by atoms with Crippen molar-refractivity contribution in [3.05, 3.63) is 53.9 Å². The average Bonchev–Trinajstić information content (AvgIpc) is 3.60. The maximum Gasteiger partial charge on any atom is 0.338 e. The topological polar surface area (TPSA) is 63.2 Å². The maximum absolute atomic E-state index is 12.3. The monoisotopic (exact) mass is 435 g/mol. The van der Waals surface area contributed by atoms with E-state index in [1.165, 1.54) is 51.4 Å². The molecular formula is C27H37N3O2. The summed E-state index contributed by atoms with van der Waals surface area (Å²) in [5.41, 5.74) is 4.41. The first-order chi connectivity index (χ1) is 15.6. The van der Waals surface area contributed by atoms with Crippen LogP contribution in [-0.4, -0.2) is 23.6 Å². The molecule has 0 saturated heterocycles. The van der Waals surface area contributed by atoms with Gasteiger partial charge in [0.05, 0.1) is 23.5 Å². The van der Waals surface area contributed by atoms with Gasteiger partial charge in [0.2, 0.25) is 0 Å². The Morgan fingerprint density at radius 2 is 1.81 bits per heavy atom. The number of nitrogens with zero attached hydrogens (tertiary/aromatic N) is 1. The van der Waals surface area contributed by atoms with Gasteiger partial charge in [-0.25, -0.2) is 4.79 Å². The molecule has 1 heterocycles. The van der Waals surface area contributed by atoms with Gasteiger partial charge in [0.15, 0.2) is 0 Å². The molecule has 2 fully saturated rings. The Bertz CT molecular complexity index is 887. The van der Waals surface area contributed by atoms with E-state index in [2.05, 4.69) is 22.5 Å². The van der Waals surface area contributed by atoms with E-state index < -0.39 is 0 Å². The third-order valence-electron chi connectivity index (χ3n) is 7.36. The Kier molecular flexibility index (Phi) is 7.33. The van der Waals surface area contributed by atoms with E-state index >= 15 is 0 Å². The van der Waals surface area contributed by atoms with Gasteiger partial charge in [0, 0.05) is 25.0 Å². The number of hydrogen-bond donors (Lipinski definition) is 2. The van der Waals surface area contributed by atoms with Gasteiger partial charge in [-0.2, -0.15) is 0 Å². The molecule has 1 aromatic carbocycles. The lowest BCUT2D eigenvalue weighted by Gasteiger charge is -2.35. The second kappa shape index (κ2) is 10.4. The summed E-state index contributed by atoms with van der Waals surface area (Å²) in [6.07, 6.45) is 14.3. The van der Waals surface area contributed by atoms with Crippen LogP contribution in [0.25, 0.3) is 0 Å². The van der Waals surface area contributed by atoms with Gasteiger partial charge in [-0.05, 0) is 99.1 Å². The van der Waals surface area contributed by atoms with Crippen LogP contribution < -0.4 is 10.6 Å². The van der Waals surface area contributed by atoms with Crippen molar-refractivity contribution in [3.8, 4) is 0 Å². The van der Waals surface area contributed by atoms with E-state index in [0.717, 1.165) is 22.9 Å². The molecule has 1 aromatic heterocycles. The predicted octanol–water partition coefficient (Wildman–Crippen LogP) is 6.42. The summed E-state index contributed by atoms with van der Waals surface area (Å²) in [6.45, 7) is 5.21. The van der Waals surface area contributed by atoms with E-state index in [4.69, 9.17) is 4.74 Å². The average molecular weight is 436 g/mol. The fourth-order valence-corrected chi connectivity index (χ4v) is 5.45. The second-order valence-corrected chi connectivity index (χ2v) is 9.50. The maximum atomic E-state index is 12.3. The van der Waals surface area contributed by atoms with Crippen LogP contribution in [-0.2, 0) is 11.3 Å². The lowest BCUT2D eigenvalue weighted by molar-refractivity contribution is 0.0526. The predicted molar refractivity (Wildman–Crippen MR) is 130 cm³/mol. The molecule has 5 heteroatoms. The molecule has 5 nitrogen and oxygen atoms in total. The van der Waals surface area contributed by atoms with Gasteiger partial charge in [0.25, 0.3) is 0 Å². The first-order valence-electron chi connectivity index (χ1n) is 12.3. The number of hydrogen-bond acceptors (Lipinski definition) is 5. The number of nitrogens with one attached hydrogen (secondary N) is 2. The Morgan fingerprint density at radius 3 is 2.47 bits per heavy atom. The van der Waals surface area contributed by atoms with Crippen molar-refractivity contribution in [1.82, 2.24) is 4.98 Å². The quantitative estimate of drug-likeness (QED) is 0.422. The van der Waals surface area contributed by atoms with Gasteiger partial charge < -0.3 is 15.4 Å². The van der Waals surface area contributed by atoms with Gasteiger partial charge in [-0.1, -0.05) is 13.3 Å². The fourth-order valence-electron chi connectivity index (χ4n) is 5.45. The van der Waals surface area contributed by atoms with Crippen LogP contribution in [0.5, 0.6) is 0 Å². The molecule has 32 heavy (non-hydrogen) atoms. The number of rotatable bonds is 10. The van der Waals surface area contributed by atoms with Crippen LogP contribution in [0.1, 0.15) is 81.1 Å². The largest absolute Gasteiger partial charge is 0.462 e. The molecule has 0 spiro atoms. The highest BCUT2D eigenvalue weighted by Crippen LogP contribution is 2.59. The number of carbonyl (C=O) groups excluding carboxylic acids is 1. The van der Waals surface area contributed by atoms with Gasteiger partial charge in [-0.15, -0.1) is 0 Å². The fraction of sp³-hybridized carbons (Fsp3) is 0.556. The van der Waals surface area contributed by atoms with E-state index in [1.807, 2.05) is 37.3 Å². The molecule has 2 saturated carbocycles. The molecule has 0 bridgehead atoms. The Morgan fingerprint density at radius 1 is 1.06 bits per heavy atom. The highest BCUT2D eigenvalue weighted by Gasteiger charge is 2.48. The summed E-state index contributed by atoms with van der Waals surface area (Å²) < 4.78 is 5.21. The SMILES string of the molecule is CCCC1(C2CCC(Nc3ccc(C(=O)OCC)cc3NCc3ccncc3)CC2)CC1. The summed E-state index contributed by atoms with van der Waals surface area (Å²) in [5.74, 6) is 0.633. The zero-order valence-corrected chi connectivity index (χ0v) is 19.5. The van der Waals surface area contributed by atoms with E-state index in [-0.39, 0.29) is 5.97 Å². The Hall–Kier alpha value is -2.56. The Labute approximate surface area is 192 Å². The number of ether oxygens (including phenoxy) is 1. The molecule has 0 atom stereocenters. The van der Waals surface area contributed by atoms with E-state index in [1.54, 1.807) is 12.4 Å². The number of aromatic nitrogens is 1. The van der Waals surface area contributed by atoms with Crippen LogP contribution in [0.15, 0.2) is 42.7 Å². The highest BCUT2D eigenvalue weighted by molar-refractivity contribution is 5.92. The van der Waals surface area contributed by atoms with E-state index in [0.29, 0.717) is 30.2 Å². The molecule has 4 rings (SSSR count). The molecule has 172 valence electrons. The van der Waals surface area contributed by atoms with Crippen LogP contribution >= 0.6 is 0 Å². The smallest absolute Gasteiger partial charge is 0.338 e. The molecule has 2 aromatic rings. The minimum Gasteiger partial charge on any atom is -0.462 e. The zero-order valence-electron chi connectivity index (χ0n) is 19.5. The van der Waals surface area contributed by atoms with Crippen LogP contribution in [0.4, 0.5) is 11.4 Å². The number of esters is 1. The third-order valence-corrected chi connectivity index (χ3v) is 7.36. The molecule has 2 N–H and O–H groups in total. The zero-order chi connectivity index (χ0) is 22.4. The van der Waals surface area contributed by atoms with Crippen molar-refractivity contribution in [2.24, 2.45) is 11.3 Å². The van der Waals surface area contributed by atoms with Crippen molar-refractivity contribution in [2.75, 3.05) is 17.2 Å². The number of benzene rings is 1. The minimum atomic E-state index is -0.280. The molecule has 0 aliphatic heterocycles. The number of pyridine rings is 1. The lowest BCUT2D eigenvalue weighted by Crippen LogP contribution is -2.30. The van der Waals surface area contributed by atoms with Crippen molar-refractivity contribution in [3.63, 3.8) is 0 Å². The van der Waals surface area contributed by atoms with Crippen molar-refractivity contribution < 1.29 is 9.53 Å². The van der Waals surface area contributed by atoms with Crippen molar-refractivity contribution >= 4 is 17.3 Å². The molecular weight excluding hydrogens is 398 g/mol. The summed E-state index contributed by atoms with van der Waals surface area (Å²) >= 11 is 0. The first kappa shape index (κ1) is 22.6. The van der Waals surface area contributed by atoms with Gasteiger partial charge in [-0.3, -0.25) is 4.98 Å². The van der Waals surface area contributed by atoms with Gasteiger partial charge >= 0.3 is 5.97 Å². The van der Waals surface area contributed by atoms with Crippen LogP contribution in [0, 0.1) is 11.3 Å². The Balaban J connectivity index is 1.43. The van der Waals surface area contributed by atoms with Crippen molar-refractivity contribution in [1.29, 1.82) is 0 Å². The van der Waals surface area contributed by atoms with Crippen LogP contribution in [0.3, 0.4) is 0 Å². The number of anilines is 2. The summed E-state index contributed by atoms with van der Waals surface area (Å²) in [4.78, 5) is 16.4.